The smallest absolute Gasteiger partial charge is 0.416 e. The number of oxime groups is 1. The minimum atomic E-state index is -4.44. The third-order valence-electron chi connectivity index (χ3n) is 4.19. The lowest BCUT2D eigenvalue weighted by Gasteiger charge is -2.06. The molecule has 0 spiro atoms. The van der Waals surface area contributed by atoms with Gasteiger partial charge in [-0.3, -0.25) is 0 Å². The van der Waals surface area contributed by atoms with Gasteiger partial charge in [0.2, 0.25) is 5.88 Å². The Morgan fingerprint density at radius 2 is 1.77 bits per heavy atom. The van der Waals surface area contributed by atoms with Gasteiger partial charge in [-0.1, -0.05) is 35.5 Å². The van der Waals surface area contributed by atoms with Crippen LogP contribution in [0.2, 0.25) is 0 Å². The zero-order valence-corrected chi connectivity index (χ0v) is 16.7. The van der Waals surface area contributed by atoms with Gasteiger partial charge in [-0.05, 0) is 42.8 Å². The van der Waals surface area contributed by atoms with Crippen LogP contribution in [-0.2, 0) is 18.1 Å². The summed E-state index contributed by atoms with van der Waals surface area (Å²) >= 11 is 0. The minimum absolute atomic E-state index is 0.278. The van der Waals surface area contributed by atoms with Crippen LogP contribution in [0.3, 0.4) is 0 Å². The van der Waals surface area contributed by atoms with Gasteiger partial charge >= 0.3 is 6.18 Å². The first kappa shape index (κ1) is 22.1. The summed E-state index contributed by atoms with van der Waals surface area (Å²) in [6, 6.07) is 13.2. The summed E-state index contributed by atoms with van der Waals surface area (Å²) in [4.78, 5) is 4.97. The van der Waals surface area contributed by atoms with Gasteiger partial charge in [-0.2, -0.15) is 18.3 Å². The van der Waals surface area contributed by atoms with Gasteiger partial charge in [-0.15, -0.1) is 0 Å². The van der Waals surface area contributed by atoms with Gasteiger partial charge in [0.1, 0.15) is 11.6 Å². The first-order chi connectivity index (χ1) is 14.7. The number of ether oxygens (including phenoxy) is 1. The predicted molar refractivity (Wildman–Crippen MR) is 109 cm³/mol. The molecule has 0 aliphatic rings. The molecule has 1 heterocycles. The predicted octanol–water partition coefficient (Wildman–Crippen LogP) is 5.90. The van der Waals surface area contributed by atoms with E-state index in [1.54, 1.807) is 30.8 Å². The average Bonchev–Trinajstić information content (AvgIpc) is 2.98. The van der Waals surface area contributed by atoms with Crippen molar-refractivity contribution in [3.8, 4) is 11.6 Å². The molecule has 9 heteroatoms. The highest BCUT2D eigenvalue weighted by Gasteiger charge is 2.29. The number of halogens is 4. The molecule has 0 aliphatic carbocycles. The number of alkyl halides is 3. The van der Waals surface area contributed by atoms with Crippen LogP contribution < -0.4 is 4.74 Å². The Morgan fingerprint density at radius 3 is 2.42 bits per heavy atom. The molecule has 0 fully saturated rings. The van der Waals surface area contributed by atoms with Crippen molar-refractivity contribution in [2.24, 2.45) is 12.2 Å². The topological polar surface area (TPSA) is 48.6 Å². The molecular formula is C22H19F4N3O2. The van der Waals surface area contributed by atoms with Crippen LogP contribution in [0, 0.1) is 6.92 Å². The van der Waals surface area contributed by atoms with E-state index in [9.17, 15) is 17.6 Å². The van der Waals surface area contributed by atoms with Crippen LogP contribution >= 0.6 is 0 Å². The molecule has 1 aromatic heterocycles. The molecule has 3 rings (SSSR count). The molecule has 0 N–H and O–H groups in total. The van der Waals surface area contributed by atoms with E-state index >= 15 is 0 Å². The Kier molecular flexibility index (Phi) is 6.74. The van der Waals surface area contributed by atoms with Crippen LogP contribution in [0.5, 0.6) is 11.6 Å². The fourth-order valence-corrected chi connectivity index (χ4v) is 2.70. The quantitative estimate of drug-likeness (QED) is 0.265. The van der Waals surface area contributed by atoms with Crippen molar-refractivity contribution in [3.63, 3.8) is 0 Å². The van der Waals surface area contributed by atoms with Gasteiger partial charge in [0.25, 0.3) is 0 Å². The van der Waals surface area contributed by atoms with Crippen molar-refractivity contribution in [1.82, 2.24) is 9.78 Å². The zero-order chi connectivity index (χ0) is 22.4. The second kappa shape index (κ2) is 9.46. The SMILES string of the molecule is Cc1nn(C)c(Oc2ccccc2)c1C=NOCC(F)=Cc1ccc(C(F)(F)F)cc1. The lowest BCUT2D eigenvalue weighted by atomic mass is 10.1. The molecule has 0 saturated heterocycles. The normalized spacial score (nSPS) is 12.4. The second-order valence-electron chi connectivity index (χ2n) is 6.56. The number of nitrogens with zero attached hydrogens (tertiary/aromatic N) is 3. The Bertz CT molecular complexity index is 1070. The highest BCUT2D eigenvalue weighted by molar-refractivity contribution is 5.84. The van der Waals surface area contributed by atoms with Crippen molar-refractivity contribution >= 4 is 12.3 Å². The number of aromatic nitrogens is 2. The molecule has 31 heavy (non-hydrogen) atoms. The van der Waals surface area contributed by atoms with Gasteiger partial charge in [0.05, 0.1) is 23.0 Å². The van der Waals surface area contributed by atoms with Gasteiger partial charge in [-0.25, -0.2) is 9.07 Å². The molecule has 0 amide bonds. The van der Waals surface area contributed by atoms with E-state index in [1.165, 1.54) is 18.3 Å². The highest BCUT2D eigenvalue weighted by Crippen LogP contribution is 2.29. The van der Waals surface area contributed by atoms with Gasteiger partial charge in [0.15, 0.2) is 6.61 Å². The van der Waals surface area contributed by atoms with Crippen LogP contribution in [-0.4, -0.2) is 22.6 Å². The largest absolute Gasteiger partial charge is 0.439 e. The summed E-state index contributed by atoms with van der Waals surface area (Å²) in [6.45, 7) is 1.29. The molecule has 0 unspecified atom stereocenters. The van der Waals surface area contributed by atoms with E-state index in [4.69, 9.17) is 9.57 Å². The monoisotopic (exact) mass is 433 g/mol. The third-order valence-corrected chi connectivity index (χ3v) is 4.19. The second-order valence-corrected chi connectivity index (χ2v) is 6.56. The zero-order valence-electron chi connectivity index (χ0n) is 16.7. The number of hydrogen-bond donors (Lipinski definition) is 0. The number of para-hydroxylation sites is 1. The van der Waals surface area contributed by atoms with E-state index in [-0.39, 0.29) is 5.56 Å². The Balaban J connectivity index is 1.63. The maximum absolute atomic E-state index is 14.0. The first-order valence-corrected chi connectivity index (χ1v) is 9.19. The minimum Gasteiger partial charge on any atom is -0.439 e. The summed E-state index contributed by atoms with van der Waals surface area (Å²) in [5.41, 5.74) is 0.686. The van der Waals surface area contributed by atoms with Crippen molar-refractivity contribution in [2.45, 2.75) is 13.1 Å². The number of benzene rings is 2. The highest BCUT2D eigenvalue weighted by atomic mass is 19.4. The summed E-state index contributed by atoms with van der Waals surface area (Å²) in [6.07, 6.45) is -1.99. The molecule has 0 atom stereocenters. The van der Waals surface area contributed by atoms with Crippen molar-refractivity contribution in [2.75, 3.05) is 6.61 Å². The third kappa shape index (κ3) is 5.94. The maximum atomic E-state index is 14.0. The van der Waals surface area contributed by atoms with Crippen molar-refractivity contribution < 1.29 is 27.1 Å². The lowest BCUT2D eigenvalue weighted by molar-refractivity contribution is -0.137. The van der Waals surface area contributed by atoms with Gasteiger partial charge < -0.3 is 9.57 Å². The number of rotatable bonds is 7. The van der Waals surface area contributed by atoms with Crippen LogP contribution in [0.25, 0.3) is 6.08 Å². The van der Waals surface area contributed by atoms with Gasteiger partial charge in [0, 0.05) is 7.05 Å². The Labute approximate surface area is 176 Å². The molecule has 0 radical (unpaired) electrons. The summed E-state index contributed by atoms with van der Waals surface area (Å²) < 4.78 is 59.1. The Morgan fingerprint density at radius 1 is 1.10 bits per heavy atom. The molecule has 162 valence electrons. The average molecular weight is 433 g/mol. The van der Waals surface area contributed by atoms with E-state index in [0.717, 1.165) is 18.2 Å². The molecule has 3 aromatic rings. The lowest BCUT2D eigenvalue weighted by Crippen LogP contribution is -2.04. The maximum Gasteiger partial charge on any atom is 0.416 e. The van der Waals surface area contributed by atoms with Crippen LogP contribution in [0.15, 0.2) is 65.6 Å². The summed E-state index contributed by atoms with van der Waals surface area (Å²) in [5.74, 6) is 0.365. The van der Waals surface area contributed by atoms with E-state index in [2.05, 4.69) is 10.3 Å². The van der Waals surface area contributed by atoms with Crippen LogP contribution in [0.4, 0.5) is 17.6 Å². The van der Waals surface area contributed by atoms with E-state index in [1.807, 2.05) is 18.2 Å². The molecule has 0 saturated carbocycles. The standard InChI is InChI=1S/C22H19F4N3O2/c1-15-20(21(29(2)28-15)31-19-6-4-3-5-7-19)13-27-30-14-18(23)12-16-8-10-17(11-9-16)22(24,25)26/h3-13H,14H2,1-2H3. The Hall–Kier alpha value is -3.62. The van der Waals surface area contributed by atoms with Crippen molar-refractivity contribution in [1.29, 1.82) is 0 Å². The molecule has 0 bridgehead atoms. The number of aryl methyl sites for hydroxylation is 2. The van der Waals surface area contributed by atoms with Crippen LogP contribution in [0.1, 0.15) is 22.4 Å². The number of hydrogen-bond acceptors (Lipinski definition) is 4. The molecular weight excluding hydrogens is 414 g/mol. The fraction of sp³-hybridized carbons (Fsp3) is 0.182. The molecule has 5 nitrogen and oxygen atoms in total. The summed E-state index contributed by atoms with van der Waals surface area (Å²) in [5, 5.41) is 8.04. The first-order valence-electron chi connectivity index (χ1n) is 9.19. The van der Waals surface area contributed by atoms with Crippen molar-refractivity contribution in [3.05, 3.63) is 82.8 Å². The molecule has 2 aromatic carbocycles. The summed E-state index contributed by atoms with van der Waals surface area (Å²) in [7, 11) is 1.72. The van der Waals surface area contributed by atoms with E-state index < -0.39 is 24.2 Å². The molecule has 0 aliphatic heterocycles. The van der Waals surface area contributed by atoms with E-state index in [0.29, 0.717) is 22.9 Å². The fourth-order valence-electron chi connectivity index (χ4n) is 2.70.